The van der Waals surface area contributed by atoms with E-state index in [9.17, 15) is 5.11 Å². The van der Waals surface area contributed by atoms with Crippen molar-refractivity contribution in [3.63, 3.8) is 0 Å². The van der Waals surface area contributed by atoms with Crippen LogP contribution in [0.2, 0.25) is 0 Å². The minimum Gasteiger partial charge on any atom is -0.389 e. The lowest BCUT2D eigenvalue weighted by Crippen LogP contribution is -2.50. The van der Waals surface area contributed by atoms with E-state index in [0.29, 0.717) is 25.7 Å². The molecule has 0 bridgehead atoms. The van der Waals surface area contributed by atoms with Crippen LogP contribution in [-0.2, 0) is 9.47 Å². The summed E-state index contributed by atoms with van der Waals surface area (Å²) in [7, 11) is 1.65. The van der Waals surface area contributed by atoms with Crippen molar-refractivity contribution < 1.29 is 14.6 Å². The van der Waals surface area contributed by atoms with Gasteiger partial charge < -0.3 is 20.3 Å². The molecule has 5 nitrogen and oxygen atoms in total. The molecule has 0 aliphatic carbocycles. The largest absolute Gasteiger partial charge is 0.389 e. The van der Waals surface area contributed by atoms with Gasteiger partial charge in [0.15, 0.2) is 0 Å². The van der Waals surface area contributed by atoms with Gasteiger partial charge in [0.1, 0.15) is 0 Å². The molecule has 0 aromatic carbocycles. The molecular formula is C13H28N2O3. The summed E-state index contributed by atoms with van der Waals surface area (Å²) in [5.41, 5.74) is 6.04. The average molecular weight is 260 g/mol. The summed E-state index contributed by atoms with van der Waals surface area (Å²) in [5.74, 6) is 0.580. The van der Waals surface area contributed by atoms with Gasteiger partial charge in [0.2, 0.25) is 0 Å². The van der Waals surface area contributed by atoms with Crippen molar-refractivity contribution in [2.24, 2.45) is 11.7 Å². The molecule has 1 saturated heterocycles. The van der Waals surface area contributed by atoms with Crippen LogP contribution in [0.15, 0.2) is 0 Å². The molecule has 0 amide bonds. The van der Waals surface area contributed by atoms with Crippen LogP contribution in [0.1, 0.15) is 20.3 Å². The first-order valence-corrected chi connectivity index (χ1v) is 6.79. The van der Waals surface area contributed by atoms with Crippen molar-refractivity contribution in [3.05, 3.63) is 0 Å². The lowest BCUT2D eigenvalue weighted by molar-refractivity contribution is -0.0422. The van der Waals surface area contributed by atoms with Gasteiger partial charge >= 0.3 is 0 Å². The Kier molecular flexibility index (Phi) is 7.11. The zero-order chi connectivity index (χ0) is 13.5. The summed E-state index contributed by atoms with van der Waals surface area (Å²) in [4.78, 5) is 2.22. The molecular weight excluding hydrogens is 232 g/mol. The van der Waals surface area contributed by atoms with E-state index in [1.165, 1.54) is 0 Å². The van der Waals surface area contributed by atoms with E-state index < -0.39 is 6.10 Å². The summed E-state index contributed by atoms with van der Waals surface area (Å²) in [5, 5.41) is 9.92. The van der Waals surface area contributed by atoms with E-state index in [2.05, 4.69) is 11.8 Å². The van der Waals surface area contributed by atoms with Crippen LogP contribution in [-0.4, -0.2) is 68.2 Å². The molecule has 108 valence electrons. The molecule has 4 unspecified atom stereocenters. The number of likely N-dealkylation sites (tertiary alicyclic amines) is 1. The van der Waals surface area contributed by atoms with Crippen LogP contribution in [0, 0.1) is 5.92 Å². The summed E-state index contributed by atoms with van der Waals surface area (Å²) in [6, 6.07) is 0.222. The Morgan fingerprint density at radius 3 is 2.78 bits per heavy atom. The van der Waals surface area contributed by atoms with E-state index >= 15 is 0 Å². The van der Waals surface area contributed by atoms with Crippen molar-refractivity contribution in [2.45, 2.75) is 38.5 Å². The van der Waals surface area contributed by atoms with Crippen molar-refractivity contribution in [1.29, 1.82) is 0 Å². The van der Waals surface area contributed by atoms with Crippen molar-refractivity contribution in [1.82, 2.24) is 4.90 Å². The highest BCUT2D eigenvalue weighted by Crippen LogP contribution is 2.15. The van der Waals surface area contributed by atoms with E-state index in [1.807, 2.05) is 6.92 Å². The summed E-state index contributed by atoms with van der Waals surface area (Å²) >= 11 is 0. The van der Waals surface area contributed by atoms with Gasteiger partial charge in [-0.15, -0.1) is 0 Å². The first kappa shape index (κ1) is 15.9. The topological polar surface area (TPSA) is 68.0 Å². The highest BCUT2D eigenvalue weighted by Gasteiger charge is 2.24. The Bertz CT molecular complexity index is 228. The highest BCUT2D eigenvalue weighted by atomic mass is 16.5. The zero-order valence-electron chi connectivity index (χ0n) is 11.8. The molecule has 0 aromatic rings. The van der Waals surface area contributed by atoms with Gasteiger partial charge in [0.05, 0.1) is 25.4 Å². The summed E-state index contributed by atoms with van der Waals surface area (Å²) in [6.07, 6.45) is 0.674. The second-order valence-electron chi connectivity index (χ2n) is 5.44. The Labute approximate surface area is 110 Å². The average Bonchev–Trinajstić information content (AvgIpc) is 2.32. The third-order valence-corrected chi connectivity index (χ3v) is 3.54. The minimum absolute atomic E-state index is 0.0216. The lowest BCUT2D eigenvalue weighted by atomic mass is 9.94. The number of ether oxygens (including phenoxy) is 2. The first-order valence-electron chi connectivity index (χ1n) is 6.79. The number of nitrogens with zero attached hydrogens (tertiary/aromatic N) is 1. The molecule has 0 radical (unpaired) electrons. The van der Waals surface area contributed by atoms with E-state index in [4.69, 9.17) is 15.2 Å². The molecule has 1 heterocycles. The SMILES string of the molecule is COCC(C)OCC(O)CN1CCC(C)C(N)C1. The van der Waals surface area contributed by atoms with Crippen molar-refractivity contribution in [3.8, 4) is 0 Å². The Hall–Kier alpha value is -0.200. The van der Waals surface area contributed by atoms with Gasteiger partial charge in [0.25, 0.3) is 0 Å². The van der Waals surface area contributed by atoms with Gasteiger partial charge in [-0.2, -0.15) is 0 Å². The van der Waals surface area contributed by atoms with Crippen LogP contribution in [0.25, 0.3) is 0 Å². The standard InChI is InChI=1S/C13H28N2O3/c1-10-4-5-15(7-13(10)14)6-12(16)9-18-11(2)8-17-3/h10-13,16H,4-9,14H2,1-3H3. The number of aliphatic hydroxyl groups is 1. The van der Waals surface area contributed by atoms with E-state index in [-0.39, 0.29) is 12.1 Å². The predicted octanol–water partition coefficient (Wildman–Crippen LogP) is 0.0679. The quantitative estimate of drug-likeness (QED) is 0.678. The number of rotatable bonds is 7. The lowest BCUT2D eigenvalue weighted by Gasteiger charge is -2.36. The van der Waals surface area contributed by atoms with Gasteiger partial charge in [-0.3, -0.25) is 4.90 Å². The maximum atomic E-state index is 9.92. The van der Waals surface area contributed by atoms with E-state index in [1.54, 1.807) is 7.11 Å². The highest BCUT2D eigenvalue weighted by molar-refractivity contribution is 4.81. The zero-order valence-corrected chi connectivity index (χ0v) is 11.8. The molecule has 1 fully saturated rings. The van der Waals surface area contributed by atoms with Crippen LogP contribution < -0.4 is 5.73 Å². The molecule has 0 spiro atoms. The second kappa shape index (κ2) is 8.07. The third-order valence-electron chi connectivity index (χ3n) is 3.54. The van der Waals surface area contributed by atoms with Crippen LogP contribution >= 0.6 is 0 Å². The maximum Gasteiger partial charge on any atom is 0.0900 e. The minimum atomic E-state index is -0.454. The number of methoxy groups -OCH3 is 1. The normalized spacial score (nSPS) is 29.2. The van der Waals surface area contributed by atoms with Gasteiger partial charge in [-0.25, -0.2) is 0 Å². The fourth-order valence-electron chi connectivity index (χ4n) is 2.24. The predicted molar refractivity (Wildman–Crippen MR) is 71.5 cm³/mol. The Morgan fingerprint density at radius 1 is 1.44 bits per heavy atom. The smallest absolute Gasteiger partial charge is 0.0900 e. The molecule has 4 atom stereocenters. The summed E-state index contributed by atoms with van der Waals surface area (Å²) in [6.45, 7) is 7.55. The van der Waals surface area contributed by atoms with Crippen LogP contribution in [0.5, 0.6) is 0 Å². The van der Waals surface area contributed by atoms with Gasteiger partial charge in [-0.05, 0) is 25.8 Å². The van der Waals surface area contributed by atoms with Crippen molar-refractivity contribution in [2.75, 3.05) is 40.0 Å². The monoisotopic (exact) mass is 260 g/mol. The Morgan fingerprint density at radius 2 is 2.17 bits per heavy atom. The van der Waals surface area contributed by atoms with Crippen molar-refractivity contribution >= 4 is 0 Å². The molecule has 1 aliphatic heterocycles. The molecule has 3 N–H and O–H groups in total. The number of hydrogen-bond donors (Lipinski definition) is 2. The van der Waals surface area contributed by atoms with Gasteiger partial charge in [0, 0.05) is 26.2 Å². The molecule has 0 aromatic heterocycles. The number of piperidine rings is 1. The number of hydrogen-bond acceptors (Lipinski definition) is 5. The van der Waals surface area contributed by atoms with Gasteiger partial charge in [-0.1, -0.05) is 6.92 Å². The fourth-order valence-corrected chi connectivity index (χ4v) is 2.24. The second-order valence-corrected chi connectivity index (χ2v) is 5.44. The number of nitrogens with two attached hydrogens (primary N) is 1. The molecule has 1 aliphatic rings. The molecule has 1 rings (SSSR count). The van der Waals surface area contributed by atoms with Crippen LogP contribution in [0.3, 0.4) is 0 Å². The fraction of sp³-hybridized carbons (Fsp3) is 1.00. The van der Waals surface area contributed by atoms with E-state index in [0.717, 1.165) is 19.5 Å². The van der Waals surface area contributed by atoms with Crippen LogP contribution in [0.4, 0.5) is 0 Å². The maximum absolute atomic E-state index is 9.92. The summed E-state index contributed by atoms with van der Waals surface area (Å²) < 4.78 is 10.5. The number of aliphatic hydroxyl groups excluding tert-OH is 1. The molecule has 0 saturated carbocycles. The molecule has 18 heavy (non-hydrogen) atoms. The number of β-amino-alcohol motifs (C(OH)–C–C–N with tert-alkyl or cyclic N) is 1. The first-order chi connectivity index (χ1) is 8.52. The third kappa shape index (κ3) is 5.63. The Balaban J connectivity index is 2.17. The molecule has 5 heteroatoms.